The van der Waals surface area contributed by atoms with Crippen molar-refractivity contribution < 1.29 is 5.11 Å². The highest BCUT2D eigenvalue weighted by Gasteiger charge is 2.16. The molecule has 144 valence electrons. The number of halogens is 1. The van der Waals surface area contributed by atoms with Crippen molar-refractivity contribution in [3.05, 3.63) is 98.8 Å². The molecule has 1 aromatic heterocycles. The molecule has 0 saturated heterocycles. The Balaban J connectivity index is 2.00. The van der Waals surface area contributed by atoms with Gasteiger partial charge in [-0.25, -0.2) is 4.57 Å². The fraction of sp³-hybridized carbons (Fsp3) is 0.0833. The first kappa shape index (κ1) is 19.0. The molecule has 4 rings (SSSR count). The molecule has 0 aliphatic carbocycles. The van der Waals surface area contributed by atoms with Crippen molar-refractivity contribution in [2.24, 2.45) is 4.99 Å². The Kier molecular flexibility index (Phi) is 4.95. The molecule has 0 bridgehead atoms. The molecule has 29 heavy (non-hydrogen) atoms. The number of rotatable bonds is 3. The number of fused-ring (bicyclic) bond motifs is 1. The second kappa shape index (κ2) is 7.57. The number of aromatic nitrogens is 1. The molecule has 0 aliphatic rings. The van der Waals surface area contributed by atoms with Crippen molar-refractivity contribution >= 4 is 34.3 Å². The summed E-state index contributed by atoms with van der Waals surface area (Å²) in [6, 6.07) is 20.0. The van der Waals surface area contributed by atoms with Crippen LogP contribution in [0.5, 0.6) is 5.88 Å². The van der Waals surface area contributed by atoms with Gasteiger partial charge >= 0.3 is 0 Å². The lowest BCUT2D eigenvalue weighted by molar-refractivity contribution is 0.436. The molecule has 0 amide bonds. The van der Waals surface area contributed by atoms with Crippen molar-refractivity contribution in [3.8, 4) is 11.6 Å². The molecular weight excluding hydrogens is 384 g/mol. The fourth-order valence-electron chi connectivity index (χ4n) is 3.34. The van der Waals surface area contributed by atoms with E-state index in [-0.39, 0.29) is 11.4 Å². The molecule has 0 fully saturated rings. The Morgan fingerprint density at radius 1 is 0.966 bits per heavy atom. The minimum absolute atomic E-state index is 0.176. The lowest BCUT2D eigenvalue weighted by Crippen LogP contribution is -2.20. The summed E-state index contributed by atoms with van der Waals surface area (Å²) in [5.41, 5.74) is 3.59. The second-order valence-electron chi connectivity index (χ2n) is 6.95. The first-order chi connectivity index (χ1) is 14.0. The second-order valence-corrected chi connectivity index (χ2v) is 7.39. The Morgan fingerprint density at radius 3 is 2.48 bits per heavy atom. The van der Waals surface area contributed by atoms with Crippen LogP contribution in [-0.4, -0.2) is 15.9 Å². The van der Waals surface area contributed by atoms with E-state index in [1.807, 2.05) is 44.2 Å². The molecule has 1 heterocycles. The van der Waals surface area contributed by atoms with Crippen LogP contribution in [-0.2, 0) is 0 Å². The predicted molar refractivity (Wildman–Crippen MR) is 119 cm³/mol. The highest BCUT2D eigenvalue weighted by Crippen LogP contribution is 2.28. The van der Waals surface area contributed by atoms with Crippen molar-refractivity contribution in [1.82, 2.24) is 4.57 Å². The van der Waals surface area contributed by atoms with Gasteiger partial charge in [0.25, 0.3) is 5.56 Å². The quantitative estimate of drug-likeness (QED) is 0.446. The zero-order valence-electron chi connectivity index (χ0n) is 16.1. The SMILES string of the molecule is Cc1ccc(C)c(N=Cc2c(O)n(-c3cccc(Cl)c3)c(=O)c3ccccc23)c1. The zero-order valence-corrected chi connectivity index (χ0v) is 16.8. The largest absolute Gasteiger partial charge is 0.494 e. The van der Waals surface area contributed by atoms with Gasteiger partial charge in [-0.15, -0.1) is 0 Å². The predicted octanol–water partition coefficient (Wildman–Crippen LogP) is 5.72. The summed E-state index contributed by atoms with van der Waals surface area (Å²) < 4.78 is 1.26. The molecule has 0 unspecified atom stereocenters. The summed E-state index contributed by atoms with van der Waals surface area (Å²) in [6.07, 6.45) is 1.61. The number of pyridine rings is 1. The summed E-state index contributed by atoms with van der Waals surface area (Å²) in [6.45, 7) is 3.99. The third-order valence-electron chi connectivity index (χ3n) is 4.87. The molecule has 0 radical (unpaired) electrons. The maximum absolute atomic E-state index is 13.1. The van der Waals surface area contributed by atoms with Crippen molar-refractivity contribution in [1.29, 1.82) is 0 Å². The summed E-state index contributed by atoms with van der Waals surface area (Å²) >= 11 is 6.11. The van der Waals surface area contributed by atoms with Gasteiger partial charge in [0.2, 0.25) is 5.88 Å². The van der Waals surface area contributed by atoms with Crippen LogP contribution >= 0.6 is 11.6 Å². The van der Waals surface area contributed by atoms with Gasteiger partial charge in [0.1, 0.15) is 0 Å². The van der Waals surface area contributed by atoms with Crippen LogP contribution in [0.2, 0.25) is 5.02 Å². The maximum atomic E-state index is 13.1. The molecule has 0 aliphatic heterocycles. The number of nitrogens with zero attached hydrogens (tertiary/aromatic N) is 2. The van der Waals surface area contributed by atoms with E-state index in [1.165, 1.54) is 4.57 Å². The van der Waals surface area contributed by atoms with E-state index in [0.29, 0.717) is 27.0 Å². The first-order valence-corrected chi connectivity index (χ1v) is 9.57. The smallest absolute Gasteiger partial charge is 0.265 e. The van der Waals surface area contributed by atoms with E-state index in [9.17, 15) is 9.90 Å². The van der Waals surface area contributed by atoms with Crippen LogP contribution in [0.25, 0.3) is 16.5 Å². The lowest BCUT2D eigenvalue weighted by atomic mass is 10.1. The summed E-state index contributed by atoms with van der Waals surface area (Å²) in [5.74, 6) is -0.176. The molecule has 0 saturated carbocycles. The average Bonchev–Trinajstić information content (AvgIpc) is 2.70. The van der Waals surface area contributed by atoms with E-state index in [2.05, 4.69) is 4.99 Å². The number of hydrogen-bond acceptors (Lipinski definition) is 3. The Bertz CT molecular complexity index is 1320. The van der Waals surface area contributed by atoms with Crippen LogP contribution in [0.4, 0.5) is 5.69 Å². The first-order valence-electron chi connectivity index (χ1n) is 9.19. The monoisotopic (exact) mass is 402 g/mol. The zero-order chi connectivity index (χ0) is 20.5. The van der Waals surface area contributed by atoms with Gasteiger partial charge in [-0.05, 0) is 55.3 Å². The summed E-state index contributed by atoms with van der Waals surface area (Å²) in [4.78, 5) is 17.7. The normalized spacial score (nSPS) is 11.4. The minimum atomic E-state index is -0.316. The summed E-state index contributed by atoms with van der Waals surface area (Å²) in [5, 5.41) is 12.7. The van der Waals surface area contributed by atoms with Crippen LogP contribution in [0.1, 0.15) is 16.7 Å². The van der Waals surface area contributed by atoms with Crippen LogP contribution in [0.3, 0.4) is 0 Å². The molecule has 1 N–H and O–H groups in total. The molecule has 4 nitrogen and oxygen atoms in total. The number of hydrogen-bond donors (Lipinski definition) is 1. The highest BCUT2D eigenvalue weighted by molar-refractivity contribution is 6.30. The van der Waals surface area contributed by atoms with E-state index < -0.39 is 0 Å². The molecule has 4 aromatic rings. The van der Waals surface area contributed by atoms with Crippen LogP contribution in [0, 0.1) is 13.8 Å². The van der Waals surface area contributed by atoms with Crippen molar-refractivity contribution in [3.63, 3.8) is 0 Å². The van der Waals surface area contributed by atoms with Gasteiger partial charge in [-0.3, -0.25) is 9.79 Å². The van der Waals surface area contributed by atoms with Gasteiger partial charge in [0.15, 0.2) is 0 Å². The van der Waals surface area contributed by atoms with E-state index in [0.717, 1.165) is 16.8 Å². The summed E-state index contributed by atoms with van der Waals surface area (Å²) in [7, 11) is 0. The average molecular weight is 403 g/mol. The minimum Gasteiger partial charge on any atom is -0.494 e. The van der Waals surface area contributed by atoms with Gasteiger partial charge in [-0.1, -0.05) is 48.0 Å². The molecular formula is C24H19ClN2O2. The molecule has 0 atom stereocenters. The Hall–Kier alpha value is -3.37. The number of benzene rings is 3. The molecule has 5 heteroatoms. The molecule has 0 spiro atoms. The number of aromatic hydroxyl groups is 1. The molecule has 3 aromatic carbocycles. The van der Waals surface area contributed by atoms with Gasteiger partial charge in [0.05, 0.1) is 16.9 Å². The maximum Gasteiger partial charge on any atom is 0.265 e. The number of aryl methyl sites for hydroxylation is 2. The highest BCUT2D eigenvalue weighted by atomic mass is 35.5. The third-order valence-corrected chi connectivity index (χ3v) is 5.10. The third kappa shape index (κ3) is 3.55. The van der Waals surface area contributed by atoms with Crippen molar-refractivity contribution in [2.75, 3.05) is 0 Å². The Morgan fingerprint density at radius 2 is 1.72 bits per heavy atom. The van der Waals surface area contributed by atoms with E-state index >= 15 is 0 Å². The van der Waals surface area contributed by atoms with Crippen LogP contribution < -0.4 is 5.56 Å². The fourth-order valence-corrected chi connectivity index (χ4v) is 3.52. The van der Waals surface area contributed by atoms with E-state index in [4.69, 9.17) is 11.6 Å². The standard InChI is InChI=1S/C24H19ClN2O2/c1-15-10-11-16(2)22(12-15)26-14-21-19-8-3-4-9-20(19)23(28)27(24(21)29)18-7-5-6-17(25)13-18/h3-14,29H,1-2H3. The van der Waals surface area contributed by atoms with Crippen molar-refractivity contribution in [2.45, 2.75) is 13.8 Å². The van der Waals surface area contributed by atoms with Gasteiger partial charge in [0, 0.05) is 22.0 Å². The number of aliphatic imine (C=N–C) groups is 1. The Labute approximate surface area is 173 Å². The lowest BCUT2D eigenvalue weighted by Gasteiger charge is -2.14. The topological polar surface area (TPSA) is 54.6 Å². The van der Waals surface area contributed by atoms with Gasteiger partial charge < -0.3 is 5.11 Å². The van der Waals surface area contributed by atoms with Crippen LogP contribution in [0.15, 0.2) is 76.5 Å². The van der Waals surface area contributed by atoms with Gasteiger partial charge in [-0.2, -0.15) is 0 Å². The van der Waals surface area contributed by atoms with E-state index in [1.54, 1.807) is 42.6 Å².